The van der Waals surface area contributed by atoms with Crippen LogP contribution < -0.4 is 0 Å². The van der Waals surface area contributed by atoms with E-state index >= 15 is 0 Å². The van der Waals surface area contributed by atoms with Crippen molar-refractivity contribution >= 4 is 23.4 Å². The molecule has 0 amide bonds. The fraction of sp³-hybridized carbons (Fsp3) is 0.333. The summed E-state index contributed by atoms with van der Waals surface area (Å²) in [5, 5.41) is 9.54. The Morgan fingerprint density at radius 1 is 1.69 bits per heavy atom. The minimum atomic E-state index is -0.915. The molecular formula is C9H9NO2S. The van der Waals surface area contributed by atoms with Gasteiger partial charge in [-0.1, -0.05) is 0 Å². The van der Waals surface area contributed by atoms with Crippen molar-refractivity contribution in [3.05, 3.63) is 22.2 Å². The number of carboxylic acid groups (broad SMARTS) is 1. The van der Waals surface area contributed by atoms with Crippen molar-refractivity contribution in [1.82, 2.24) is 4.98 Å². The zero-order valence-corrected chi connectivity index (χ0v) is 7.75. The molecule has 68 valence electrons. The third-order valence-electron chi connectivity index (χ3n) is 1.86. The highest BCUT2D eigenvalue weighted by Crippen LogP contribution is 2.41. The van der Waals surface area contributed by atoms with E-state index in [1.165, 1.54) is 12.8 Å². The van der Waals surface area contributed by atoms with Gasteiger partial charge >= 0.3 is 5.97 Å². The van der Waals surface area contributed by atoms with Gasteiger partial charge in [0.2, 0.25) is 0 Å². The maximum absolute atomic E-state index is 10.2. The van der Waals surface area contributed by atoms with Gasteiger partial charge in [0.05, 0.1) is 5.01 Å². The Morgan fingerprint density at radius 3 is 3.08 bits per heavy atom. The van der Waals surface area contributed by atoms with Gasteiger partial charge in [-0.25, -0.2) is 9.78 Å². The van der Waals surface area contributed by atoms with Crippen molar-refractivity contribution < 1.29 is 9.90 Å². The number of aliphatic carboxylic acids is 1. The van der Waals surface area contributed by atoms with E-state index < -0.39 is 5.97 Å². The van der Waals surface area contributed by atoms with Gasteiger partial charge in [0.15, 0.2) is 0 Å². The quantitative estimate of drug-likeness (QED) is 0.751. The van der Waals surface area contributed by atoms with Gasteiger partial charge < -0.3 is 5.11 Å². The molecule has 1 aromatic heterocycles. The van der Waals surface area contributed by atoms with Crippen LogP contribution in [-0.2, 0) is 4.79 Å². The zero-order chi connectivity index (χ0) is 9.26. The lowest BCUT2D eigenvalue weighted by Gasteiger charge is -1.83. The Balaban J connectivity index is 2.08. The first-order chi connectivity index (χ1) is 6.25. The standard InChI is InChI=1S/C9H9NO2S/c11-8(12)4-3-7-5-10-9(13-7)6-1-2-6/h3-6H,1-2H2,(H,11,12)/b4-3+. The van der Waals surface area contributed by atoms with E-state index in [1.54, 1.807) is 23.6 Å². The second-order valence-electron chi connectivity index (χ2n) is 3.05. The van der Waals surface area contributed by atoms with E-state index in [0.29, 0.717) is 5.92 Å². The highest BCUT2D eigenvalue weighted by atomic mass is 32.1. The summed E-state index contributed by atoms with van der Waals surface area (Å²) in [6.07, 6.45) is 6.93. The van der Waals surface area contributed by atoms with Gasteiger partial charge in [-0.05, 0) is 18.9 Å². The molecule has 1 N–H and O–H groups in total. The van der Waals surface area contributed by atoms with Crippen molar-refractivity contribution in [3.63, 3.8) is 0 Å². The predicted molar refractivity (Wildman–Crippen MR) is 50.8 cm³/mol. The Hall–Kier alpha value is -1.16. The highest BCUT2D eigenvalue weighted by molar-refractivity contribution is 7.12. The number of rotatable bonds is 3. The molecule has 1 aliphatic carbocycles. The summed E-state index contributed by atoms with van der Waals surface area (Å²) >= 11 is 1.58. The topological polar surface area (TPSA) is 50.2 Å². The van der Waals surface area contributed by atoms with E-state index in [2.05, 4.69) is 4.98 Å². The van der Waals surface area contributed by atoms with E-state index in [4.69, 9.17) is 5.11 Å². The summed E-state index contributed by atoms with van der Waals surface area (Å²) in [4.78, 5) is 15.4. The van der Waals surface area contributed by atoms with Gasteiger partial charge in [-0.15, -0.1) is 11.3 Å². The summed E-state index contributed by atoms with van der Waals surface area (Å²) in [5.74, 6) is -0.265. The largest absolute Gasteiger partial charge is 0.478 e. The van der Waals surface area contributed by atoms with Crippen LogP contribution >= 0.6 is 11.3 Å². The smallest absolute Gasteiger partial charge is 0.328 e. The molecule has 0 aliphatic heterocycles. The molecule has 1 fully saturated rings. The van der Waals surface area contributed by atoms with Gasteiger partial charge in [0.1, 0.15) is 0 Å². The normalized spacial score (nSPS) is 16.6. The van der Waals surface area contributed by atoms with Crippen molar-refractivity contribution in [2.75, 3.05) is 0 Å². The first-order valence-electron chi connectivity index (χ1n) is 4.12. The average Bonchev–Trinajstić information content (AvgIpc) is 2.83. The lowest BCUT2D eigenvalue weighted by molar-refractivity contribution is -0.131. The summed E-state index contributed by atoms with van der Waals surface area (Å²) in [7, 11) is 0. The Morgan fingerprint density at radius 2 is 2.46 bits per heavy atom. The summed E-state index contributed by atoms with van der Waals surface area (Å²) < 4.78 is 0. The first-order valence-corrected chi connectivity index (χ1v) is 4.94. The van der Waals surface area contributed by atoms with E-state index in [-0.39, 0.29) is 0 Å². The maximum atomic E-state index is 10.2. The molecule has 0 atom stereocenters. The molecule has 0 aromatic carbocycles. The van der Waals surface area contributed by atoms with E-state index in [1.807, 2.05) is 0 Å². The summed E-state index contributed by atoms with van der Waals surface area (Å²) in [6.45, 7) is 0. The number of aromatic nitrogens is 1. The van der Waals surface area contributed by atoms with Crippen LogP contribution in [0.15, 0.2) is 12.3 Å². The summed E-state index contributed by atoms with van der Waals surface area (Å²) in [6, 6.07) is 0. The van der Waals surface area contributed by atoms with Crippen molar-refractivity contribution in [2.45, 2.75) is 18.8 Å². The lowest BCUT2D eigenvalue weighted by atomic mass is 10.4. The van der Waals surface area contributed by atoms with E-state index in [9.17, 15) is 4.79 Å². The fourth-order valence-electron chi connectivity index (χ4n) is 1.05. The van der Waals surface area contributed by atoms with Gasteiger partial charge in [-0.2, -0.15) is 0 Å². The number of carboxylic acids is 1. The van der Waals surface area contributed by atoms with Crippen LogP contribution in [0.1, 0.15) is 28.6 Å². The van der Waals surface area contributed by atoms with Crippen LogP contribution in [0.2, 0.25) is 0 Å². The zero-order valence-electron chi connectivity index (χ0n) is 6.93. The van der Waals surface area contributed by atoms with Gasteiger partial charge in [0, 0.05) is 23.1 Å². The van der Waals surface area contributed by atoms with Crippen LogP contribution in [0.4, 0.5) is 0 Å². The van der Waals surface area contributed by atoms with Crippen LogP contribution in [0.5, 0.6) is 0 Å². The van der Waals surface area contributed by atoms with Crippen LogP contribution in [0, 0.1) is 0 Å². The minimum absolute atomic E-state index is 0.650. The Bertz CT molecular complexity index is 352. The molecule has 0 saturated heterocycles. The maximum Gasteiger partial charge on any atom is 0.328 e. The molecule has 0 unspecified atom stereocenters. The molecule has 0 bridgehead atoms. The Kier molecular flexibility index (Phi) is 2.14. The molecule has 1 saturated carbocycles. The van der Waals surface area contributed by atoms with Gasteiger partial charge in [0.25, 0.3) is 0 Å². The monoisotopic (exact) mass is 195 g/mol. The SMILES string of the molecule is O=C(O)/C=C/c1cnc(C2CC2)s1. The molecule has 13 heavy (non-hydrogen) atoms. The molecule has 0 radical (unpaired) electrons. The van der Waals surface area contributed by atoms with Crippen molar-refractivity contribution in [3.8, 4) is 0 Å². The number of carbonyl (C=O) groups is 1. The molecular weight excluding hydrogens is 186 g/mol. The molecule has 2 rings (SSSR count). The van der Waals surface area contributed by atoms with E-state index in [0.717, 1.165) is 16.0 Å². The third-order valence-corrected chi connectivity index (χ3v) is 2.98. The molecule has 1 aliphatic rings. The fourth-order valence-corrected chi connectivity index (χ4v) is 2.04. The lowest BCUT2D eigenvalue weighted by Crippen LogP contribution is -1.84. The number of hydrogen-bond acceptors (Lipinski definition) is 3. The first kappa shape index (κ1) is 8.44. The summed E-state index contributed by atoms with van der Waals surface area (Å²) in [5.41, 5.74) is 0. The van der Waals surface area contributed by atoms with Crippen molar-refractivity contribution in [1.29, 1.82) is 0 Å². The number of hydrogen-bond donors (Lipinski definition) is 1. The minimum Gasteiger partial charge on any atom is -0.478 e. The molecule has 1 heterocycles. The predicted octanol–water partition coefficient (Wildman–Crippen LogP) is 2.12. The molecule has 1 aromatic rings. The van der Waals surface area contributed by atoms with Crippen LogP contribution in [0.3, 0.4) is 0 Å². The number of thiazole rings is 1. The molecule has 4 heteroatoms. The van der Waals surface area contributed by atoms with Crippen molar-refractivity contribution in [2.24, 2.45) is 0 Å². The average molecular weight is 195 g/mol. The van der Waals surface area contributed by atoms with Crippen LogP contribution in [-0.4, -0.2) is 16.1 Å². The molecule has 0 spiro atoms. The second-order valence-corrected chi connectivity index (χ2v) is 4.14. The van der Waals surface area contributed by atoms with Gasteiger partial charge in [-0.3, -0.25) is 0 Å². The Labute approximate surface area is 79.7 Å². The third kappa shape index (κ3) is 2.15. The second kappa shape index (κ2) is 3.30. The van der Waals surface area contributed by atoms with Crippen LogP contribution in [0.25, 0.3) is 6.08 Å². The number of nitrogens with zero attached hydrogens (tertiary/aromatic N) is 1. The molecule has 3 nitrogen and oxygen atoms in total. The highest BCUT2D eigenvalue weighted by Gasteiger charge is 2.26.